The van der Waals surface area contributed by atoms with Gasteiger partial charge < -0.3 is 10.5 Å². The molecular weight excluding hydrogens is 290 g/mol. The average molecular weight is 308 g/mol. The first-order valence-corrected chi connectivity index (χ1v) is 7.46. The molecule has 0 aliphatic carbocycles. The molecule has 2 N–H and O–H groups in total. The summed E-state index contributed by atoms with van der Waals surface area (Å²) >= 11 is 6.29. The molecule has 1 saturated heterocycles. The Kier molecular flexibility index (Phi) is 4.07. The largest absolute Gasteiger partial charge is 0.398 e. The fourth-order valence-corrected chi connectivity index (χ4v) is 2.98. The normalized spacial score (nSPS) is 17.8. The van der Waals surface area contributed by atoms with Crippen LogP contribution in [0.2, 0.25) is 5.02 Å². The molecule has 1 aliphatic heterocycles. The minimum Gasteiger partial charge on any atom is -0.398 e. The third-order valence-electron chi connectivity index (χ3n) is 4.10. The highest BCUT2D eigenvalue weighted by Gasteiger charge is 2.26. The lowest BCUT2D eigenvalue weighted by molar-refractivity contribution is 0.0495. The van der Waals surface area contributed by atoms with E-state index in [1.54, 1.807) is 6.07 Å². The van der Waals surface area contributed by atoms with Gasteiger partial charge in [-0.25, -0.2) is 4.68 Å². The van der Waals surface area contributed by atoms with Crippen molar-refractivity contribution in [1.29, 1.82) is 0 Å². The highest BCUT2D eigenvalue weighted by atomic mass is 35.5. The zero-order valence-corrected chi connectivity index (χ0v) is 12.6. The number of rotatable bonds is 3. The van der Waals surface area contributed by atoms with E-state index in [1.807, 2.05) is 16.8 Å². The maximum atomic E-state index is 6.29. The molecule has 0 spiro atoms. The Bertz CT molecular complexity index is 624. The summed E-state index contributed by atoms with van der Waals surface area (Å²) in [7, 11) is 0. The number of nitrogen functional groups attached to an aromatic ring is 1. The van der Waals surface area contributed by atoms with Crippen LogP contribution in [-0.4, -0.2) is 33.4 Å². The fourth-order valence-electron chi connectivity index (χ4n) is 2.77. The SMILES string of the molecule is CC(C1CCOCC1)n1nnnc1-c1cccc(N)c1Cl. The van der Waals surface area contributed by atoms with Gasteiger partial charge in [-0.05, 0) is 48.2 Å². The van der Waals surface area contributed by atoms with Crippen molar-refractivity contribution in [3.05, 3.63) is 23.2 Å². The summed E-state index contributed by atoms with van der Waals surface area (Å²) in [4.78, 5) is 0. The highest BCUT2D eigenvalue weighted by molar-refractivity contribution is 6.35. The van der Waals surface area contributed by atoms with E-state index < -0.39 is 0 Å². The molecule has 1 aromatic heterocycles. The lowest BCUT2D eigenvalue weighted by Gasteiger charge is -2.28. The highest BCUT2D eigenvalue weighted by Crippen LogP contribution is 2.34. The summed E-state index contributed by atoms with van der Waals surface area (Å²) in [5.41, 5.74) is 7.16. The van der Waals surface area contributed by atoms with Gasteiger partial charge in [0.15, 0.2) is 5.82 Å². The molecule has 21 heavy (non-hydrogen) atoms. The van der Waals surface area contributed by atoms with Gasteiger partial charge in [0.25, 0.3) is 0 Å². The molecule has 0 saturated carbocycles. The topological polar surface area (TPSA) is 78.8 Å². The first-order chi connectivity index (χ1) is 10.2. The number of ether oxygens (including phenoxy) is 1. The predicted molar refractivity (Wildman–Crippen MR) is 80.9 cm³/mol. The Morgan fingerprint density at radius 1 is 1.38 bits per heavy atom. The summed E-state index contributed by atoms with van der Waals surface area (Å²) in [5, 5.41) is 12.6. The molecule has 0 bridgehead atoms. The summed E-state index contributed by atoms with van der Waals surface area (Å²) in [5.74, 6) is 1.16. The molecule has 0 amide bonds. The zero-order valence-electron chi connectivity index (χ0n) is 11.9. The smallest absolute Gasteiger partial charge is 0.183 e. The van der Waals surface area contributed by atoms with Crippen LogP contribution in [0.3, 0.4) is 0 Å². The van der Waals surface area contributed by atoms with Gasteiger partial charge in [0.1, 0.15) is 0 Å². The van der Waals surface area contributed by atoms with Crippen molar-refractivity contribution in [1.82, 2.24) is 20.2 Å². The van der Waals surface area contributed by atoms with Crippen molar-refractivity contribution in [3.63, 3.8) is 0 Å². The van der Waals surface area contributed by atoms with Gasteiger partial charge in [-0.15, -0.1) is 5.10 Å². The van der Waals surface area contributed by atoms with Crippen molar-refractivity contribution in [2.75, 3.05) is 18.9 Å². The van der Waals surface area contributed by atoms with E-state index >= 15 is 0 Å². The van der Waals surface area contributed by atoms with Crippen LogP contribution in [0.15, 0.2) is 18.2 Å². The van der Waals surface area contributed by atoms with Crippen LogP contribution < -0.4 is 5.73 Å². The molecule has 1 aliphatic rings. The van der Waals surface area contributed by atoms with Crippen LogP contribution in [-0.2, 0) is 4.74 Å². The Morgan fingerprint density at radius 3 is 2.90 bits per heavy atom. The third kappa shape index (κ3) is 2.73. The number of benzene rings is 1. The molecule has 1 fully saturated rings. The number of nitrogens with two attached hydrogens (primary N) is 1. The molecule has 1 aromatic carbocycles. The van der Waals surface area contributed by atoms with Gasteiger partial charge in [0, 0.05) is 18.8 Å². The molecule has 1 unspecified atom stereocenters. The van der Waals surface area contributed by atoms with Gasteiger partial charge in [0.05, 0.1) is 16.8 Å². The molecule has 2 aromatic rings. The van der Waals surface area contributed by atoms with Crippen molar-refractivity contribution in [2.45, 2.75) is 25.8 Å². The Morgan fingerprint density at radius 2 is 2.14 bits per heavy atom. The van der Waals surface area contributed by atoms with Crippen LogP contribution in [0.1, 0.15) is 25.8 Å². The van der Waals surface area contributed by atoms with Crippen LogP contribution in [0, 0.1) is 5.92 Å². The molecule has 6 nitrogen and oxygen atoms in total. The summed E-state index contributed by atoms with van der Waals surface area (Å²) in [6.45, 7) is 3.73. The van der Waals surface area contributed by atoms with Crippen molar-refractivity contribution >= 4 is 17.3 Å². The minimum absolute atomic E-state index is 0.191. The standard InChI is InChI=1S/C14H18ClN5O/c1-9(10-5-7-21-8-6-10)20-14(17-18-19-20)11-3-2-4-12(16)13(11)15/h2-4,9-10H,5-8,16H2,1H3. The second-order valence-corrected chi connectivity index (χ2v) is 5.72. The molecule has 1 atom stereocenters. The van der Waals surface area contributed by atoms with Gasteiger partial charge in [-0.1, -0.05) is 17.7 Å². The maximum absolute atomic E-state index is 6.29. The first kappa shape index (κ1) is 14.3. The summed E-state index contributed by atoms with van der Waals surface area (Å²) in [6, 6.07) is 5.70. The van der Waals surface area contributed by atoms with Crippen LogP contribution in [0.4, 0.5) is 5.69 Å². The number of nitrogens with zero attached hydrogens (tertiary/aromatic N) is 4. The second-order valence-electron chi connectivity index (χ2n) is 5.35. The maximum Gasteiger partial charge on any atom is 0.183 e. The minimum atomic E-state index is 0.191. The molecule has 2 heterocycles. The van der Waals surface area contributed by atoms with Crippen molar-refractivity contribution in [2.24, 2.45) is 5.92 Å². The van der Waals surface area contributed by atoms with E-state index in [-0.39, 0.29) is 6.04 Å². The molecule has 7 heteroatoms. The quantitative estimate of drug-likeness (QED) is 0.882. The van der Waals surface area contributed by atoms with Crippen LogP contribution in [0.25, 0.3) is 11.4 Å². The zero-order chi connectivity index (χ0) is 14.8. The molecule has 0 radical (unpaired) electrons. The predicted octanol–water partition coefficient (Wildman–Crippen LogP) is 2.56. The van der Waals surface area contributed by atoms with Crippen molar-refractivity contribution < 1.29 is 4.74 Å². The van der Waals surface area contributed by atoms with Gasteiger partial charge in [-0.3, -0.25) is 0 Å². The second kappa shape index (κ2) is 5.99. The Balaban J connectivity index is 1.95. The summed E-state index contributed by atoms with van der Waals surface area (Å²) in [6.07, 6.45) is 2.04. The van der Waals surface area contributed by atoms with Crippen LogP contribution in [0.5, 0.6) is 0 Å². The summed E-state index contributed by atoms with van der Waals surface area (Å²) < 4.78 is 7.26. The van der Waals surface area contributed by atoms with Crippen LogP contribution >= 0.6 is 11.6 Å². The number of hydrogen-bond acceptors (Lipinski definition) is 5. The fraction of sp³-hybridized carbons (Fsp3) is 0.500. The van der Waals surface area contributed by atoms with Gasteiger partial charge in [0.2, 0.25) is 0 Å². The number of anilines is 1. The van der Waals surface area contributed by atoms with E-state index in [2.05, 4.69) is 22.4 Å². The van der Waals surface area contributed by atoms with Gasteiger partial charge >= 0.3 is 0 Å². The van der Waals surface area contributed by atoms with Gasteiger partial charge in [-0.2, -0.15) is 0 Å². The van der Waals surface area contributed by atoms with Crippen molar-refractivity contribution in [3.8, 4) is 11.4 Å². The Hall–Kier alpha value is -1.66. The lowest BCUT2D eigenvalue weighted by atomic mass is 9.93. The molecule has 3 rings (SSSR count). The third-order valence-corrected chi connectivity index (χ3v) is 4.52. The number of halogens is 1. The lowest BCUT2D eigenvalue weighted by Crippen LogP contribution is -2.25. The van der Waals surface area contributed by atoms with E-state index in [9.17, 15) is 0 Å². The molecule has 112 valence electrons. The first-order valence-electron chi connectivity index (χ1n) is 7.08. The Labute approximate surface area is 128 Å². The number of aromatic nitrogens is 4. The average Bonchev–Trinajstić information content (AvgIpc) is 2.99. The van der Waals surface area contributed by atoms with E-state index in [0.717, 1.165) is 31.6 Å². The van der Waals surface area contributed by atoms with E-state index in [0.29, 0.717) is 22.5 Å². The number of hydrogen-bond donors (Lipinski definition) is 1. The van der Waals surface area contributed by atoms with E-state index in [1.165, 1.54) is 0 Å². The monoisotopic (exact) mass is 307 g/mol. The number of tetrazole rings is 1. The molecular formula is C14H18ClN5O. The van der Waals surface area contributed by atoms with E-state index in [4.69, 9.17) is 22.1 Å².